The van der Waals surface area contributed by atoms with Crippen molar-refractivity contribution in [3.8, 4) is 5.88 Å². The van der Waals surface area contributed by atoms with Crippen LogP contribution in [0.2, 0.25) is 0 Å². The average Bonchev–Trinajstić information content (AvgIpc) is 2.30. The van der Waals surface area contributed by atoms with Crippen LogP contribution < -0.4 is 4.74 Å². The van der Waals surface area contributed by atoms with E-state index in [1.165, 1.54) is 19.3 Å². The molecular weight excluding hydrogens is 210 g/mol. The van der Waals surface area contributed by atoms with Crippen LogP contribution in [0.1, 0.15) is 40.0 Å². The van der Waals surface area contributed by atoms with Gasteiger partial charge < -0.3 is 4.74 Å². The Morgan fingerprint density at radius 3 is 2.76 bits per heavy atom. The minimum atomic E-state index is 0.341. The molecule has 1 heterocycles. The van der Waals surface area contributed by atoms with Crippen molar-refractivity contribution >= 4 is 0 Å². The Hall–Kier alpha value is -1.05. The first-order valence-corrected chi connectivity index (χ1v) is 6.74. The first-order valence-electron chi connectivity index (χ1n) is 6.74. The molecule has 94 valence electrons. The topological polar surface area (TPSA) is 22.1 Å². The Morgan fingerprint density at radius 2 is 2.12 bits per heavy atom. The largest absolute Gasteiger partial charge is 0.474 e. The van der Waals surface area contributed by atoms with Gasteiger partial charge in [0, 0.05) is 12.3 Å². The molecule has 1 aliphatic carbocycles. The molecule has 1 fully saturated rings. The summed E-state index contributed by atoms with van der Waals surface area (Å²) >= 11 is 0. The summed E-state index contributed by atoms with van der Waals surface area (Å²) in [7, 11) is 0. The standard InChI is InChI=1S/C15H23NO/c1-11(2)13-8-7-12(3)10-14(13)17-15-6-4-5-9-16-15/h4-6,9,11-14H,7-8,10H2,1-3H3. The highest BCUT2D eigenvalue weighted by Gasteiger charge is 2.32. The number of aromatic nitrogens is 1. The maximum absolute atomic E-state index is 6.09. The molecule has 17 heavy (non-hydrogen) atoms. The molecule has 1 aliphatic rings. The van der Waals surface area contributed by atoms with Crippen molar-refractivity contribution in [1.29, 1.82) is 0 Å². The first kappa shape index (κ1) is 12.4. The van der Waals surface area contributed by atoms with E-state index in [2.05, 4.69) is 25.8 Å². The predicted octanol–water partition coefficient (Wildman–Crippen LogP) is 3.92. The van der Waals surface area contributed by atoms with Crippen molar-refractivity contribution in [1.82, 2.24) is 4.98 Å². The van der Waals surface area contributed by atoms with Gasteiger partial charge in [0.1, 0.15) is 6.10 Å². The number of rotatable bonds is 3. The lowest BCUT2D eigenvalue weighted by Gasteiger charge is -2.36. The van der Waals surface area contributed by atoms with Crippen LogP contribution in [0.15, 0.2) is 24.4 Å². The first-order chi connectivity index (χ1) is 8.16. The normalized spacial score (nSPS) is 29.3. The van der Waals surface area contributed by atoms with E-state index in [0.717, 1.165) is 11.8 Å². The highest BCUT2D eigenvalue weighted by Crippen LogP contribution is 2.35. The lowest BCUT2D eigenvalue weighted by molar-refractivity contribution is 0.0426. The van der Waals surface area contributed by atoms with E-state index in [9.17, 15) is 0 Å². The molecule has 3 unspecified atom stereocenters. The van der Waals surface area contributed by atoms with Gasteiger partial charge in [-0.15, -0.1) is 0 Å². The molecule has 0 saturated heterocycles. The molecule has 0 amide bonds. The van der Waals surface area contributed by atoms with Gasteiger partial charge in [-0.2, -0.15) is 0 Å². The molecule has 2 heteroatoms. The predicted molar refractivity (Wildman–Crippen MR) is 70.0 cm³/mol. The van der Waals surface area contributed by atoms with E-state index >= 15 is 0 Å². The van der Waals surface area contributed by atoms with Crippen LogP contribution in [-0.4, -0.2) is 11.1 Å². The molecule has 0 bridgehead atoms. The summed E-state index contributed by atoms with van der Waals surface area (Å²) < 4.78 is 6.09. The van der Waals surface area contributed by atoms with Crippen LogP contribution in [0.25, 0.3) is 0 Å². The third-order valence-corrected chi connectivity index (χ3v) is 3.87. The van der Waals surface area contributed by atoms with Crippen molar-refractivity contribution in [3.63, 3.8) is 0 Å². The summed E-state index contributed by atoms with van der Waals surface area (Å²) in [5, 5.41) is 0. The lowest BCUT2D eigenvalue weighted by Crippen LogP contribution is -2.36. The molecule has 0 aliphatic heterocycles. The fourth-order valence-corrected chi connectivity index (χ4v) is 2.82. The average molecular weight is 233 g/mol. The number of pyridine rings is 1. The zero-order chi connectivity index (χ0) is 12.3. The van der Waals surface area contributed by atoms with Gasteiger partial charge in [0.15, 0.2) is 0 Å². The highest BCUT2D eigenvalue weighted by molar-refractivity contribution is 5.10. The van der Waals surface area contributed by atoms with Gasteiger partial charge in [0.2, 0.25) is 5.88 Å². The number of ether oxygens (including phenoxy) is 1. The Kier molecular flexibility index (Phi) is 4.03. The minimum absolute atomic E-state index is 0.341. The summed E-state index contributed by atoms with van der Waals surface area (Å²) in [5.74, 6) is 2.92. The van der Waals surface area contributed by atoms with E-state index in [0.29, 0.717) is 17.9 Å². The van der Waals surface area contributed by atoms with Gasteiger partial charge >= 0.3 is 0 Å². The van der Waals surface area contributed by atoms with Crippen molar-refractivity contribution < 1.29 is 4.74 Å². The summed E-state index contributed by atoms with van der Waals surface area (Å²) in [6.45, 7) is 6.93. The Morgan fingerprint density at radius 1 is 1.29 bits per heavy atom. The molecule has 2 nitrogen and oxygen atoms in total. The minimum Gasteiger partial charge on any atom is -0.474 e. The van der Waals surface area contributed by atoms with Gasteiger partial charge in [-0.25, -0.2) is 4.98 Å². The number of hydrogen-bond acceptors (Lipinski definition) is 2. The molecular formula is C15H23NO. The van der Waals surface area contributed by atoms with Gasteiger partial charge in [-0.05, 0) is 36.7 Å². The van der Waals surface area contributed by atoms with Crippen molar-refractivity contribution in [2.45, 2.75) is 46.1 Å². The Labute approximate surface area is 104 Å². The van der Waals surface area contributed by atoms with E-state index in [1.807, 2.05) is 18.2 Å². The van der Waals surface area contributed by atoms with E-state index < -0.39 is 0 Å². The second-order valence-corrected chi connectivity index (χ2v) is 5.65. The van der Waals surface area contributed by atoms with Gasteiger partial charge in [-0.1, -0.05) is 33.3 Å². The quantitative estimate of drug-likeness (QED) is 0.789. The van der Waals surface area contributed by atoms with Crippen LogP contribution in [0.3, 0.4) is 0 Å². The summed E-state index contributed by atoms with van der Waals surface area (Å²) in [5.41, 5.74) is 0. The van der Waals surface area contributed by atoms with Crippen molar-refractivity contribution in [3.05, 3.63) is 24.4 Å². The fraction of sp³-hybridized carbons (Fsp3) is 0.667. The highest BCUT2D eigenvalue weighted by atomic mass is 16.5. The molecule has 1 aromatic heterocycles. The lowest BCUT2D eigenvalue weighted by atomic mass is 9.75. The summed E-state index contributed by atoms with van der Waals surface area (Å²) in [6.07, 6.45) is 5.93. The van der Waals surface area contributed by atoms with Crippen LogP contribution in [-0.2, 0) is 0 Å². The molecule has 0 N–H and O–H groups in total. The smallest absolute Gasteiger partial charge is 0.213 e. The second kappa shape index (κ2) is 5.52. The van der Waals surface area contributed by atoms with Crippen LogP contribution in [0.4, 0.5) is 0 Å². The Balaban J connectivity index is 2.05. The molecule has 1 aromatic rings. The molecule has 3 atom stereocenters. The molecule has 0 aromatic carbocycles. The van der Waals surface area contributed by atoms with Crippen LogP contribution in [0.5, 0.6) is 5.88 Å². The molecule has 0 spiro atoms. The summed E-state index contributed by atoms with van der Waals surface area (Å²) in [6, 6.07) is 5.87. The third kappa shape index (κ3) is 3.21. The fourth-order valence-electron chi connectivity index (χ4n) is 2.82. The number of hydrogen-bond donors (Lipinski definition) is 0. The summed E-state index contributed by atoms with van der Waals surface area (Å²) in [4.78, 5) is 4.27. The molecule has 2 rings (SSSR count). The van der Waals surface area contributed by atoms with Crippen LogP contribution in [0, 0.1) is 17.8 Å². The third-order valence-electron chi connectivity index (χ3n) is 3.87. The van der Waals surface area contributed by atoms with Crippen LogP contribution >= 0.6 is 0 Å². The van der Waals surface area contributed by atoms with E-state index in [1.54, 1.807) is 6.20 Å². The van der Waals surface area contributed by atoms with Crippen molar-refractivity contribution in [2.75, 3.05) is 0 Å². The molecule has 1 saturated carbocycles. The second-order valence-electron chi connectivity index (χ2n) is 5.65. The maximum Gasteiger partial charge on any atom is 0.213 e. The monoisotopic (exact) mass is 233 g/mol. The SMILES string of the molecule is CC1CCC(C(C)C)C(Oc2ccccn2)C1. The van der Waals surface area contributed by atoms with Gasteiger partial charge in [-0.3, -0.25) is 0 Å². The zero-order valence-corrected chi connectivity index (χ0v) is 11.1. The Bertz CT molecular complexity index is 336. The van der Waals surface area contributed by atoms with Crippen molar-refractivity contribution in [2.24, 2.45) is 17.8 Å². The van der Waals surface area contributed by atoms with E-state index in [4.69, 9.17) is 4.74 Å². The maximum atomic E-state index is 6.09. The van der Waals surface area contributed by atoms with Gasteiger partial charge in [0.25, 0.3) is 0 Å². The van der Waals surface area contributed by atoms with E-state index in [-0.39, 0.29) is 0 Å². The van der Waals surface area contributed by atoms with Gasteiger partial charge in [0.05, 0.1) is 0 Å². The zero-order valence-electron chi connectivity index (χ0n) is 11.1. The molecule has 0 radical (unpaired) electrons. The number of nitrogens with zero attached hydrogens (tertiary/aromatic N) is 1.